The molecule has 0 bridgehead atoms. The maximum atomic E-state index is 5.81. The van der Waals surface area contributed by atoms with Crippen molar-refractivity contribution in [3.63, 3.8) is 0 Å². The van der Waals surface area contributed by atoms with E-state index in [0.717, 1.165) is 37.7 Å². The van der Waals surface area contributed by atoms with Crippen molar-refractivity contribution in [3.05, 3.63) is 23.2 Å². The van der Waals surface area contributed by atoms with Crippen molar-refractivity contribution in [3.8, 4) is 0 Å². The molecule has 1 aromatic heterocycles. The van der Waals surface area contributed by atoms with Crippen LogP contribution in [0.4, 0.5) is 0 Å². The van der Waals surface area contributed by atoms with Crippen molar-refractivity contribution in [2.45, 2.75) is 46.7 Å². The Labute approximate surface area is 105 Å². The molecule has 0 saturated heterocycles. The zero-order chi connectivity index (χ0) is 12.7. The fraction of sp³-hybridized carbons (Fsp3) is 0.714. The fourth-order valence-corrected chi connectivity index (χ4v) is 2.15. The number of furan rings is 1. The minimum atomic E-state index is 0.886. The van der Waals surface area contributed by atoms with Crippen LogP contribution >= 0.6 is 0 Å². The van der Waals surface area contributed by atoms with Crippen LogP contribution in [0.25, 0.3) is 0 Å². The normalized spacial score (nSPS) is 11.4. The van der Waals surface area contributed by atoms with Gasteiger partial charge in [-0.15, -0.1) is 0 Å². The molecule has 0 amide bonds. The third-order valence-electron chi connectivity index (χ3n) is 2.90. The zero-order valence-electron chi connectivity index (χ0n) is 11.7. The molecule has 0 saturated carbocycles. The molecule has 1 heterocycles. The van der Waals surface area contributed by atoms with Crippen molar-refractivity contribution in [2.75, 3.05) is 20.1 Å². The number of aryl methyl sites for hydroxylation is 1. The molecule has 1 rings (SSSR count). The number of nitrogens with zero attached hydrogens (tertiary/aromatic N) is 1. The fourth-order valence-electron chi connectivity index (χ4n) is 2.15. The number of hydrogen-bond donors (Lipinski definition) is 1. The standard InChI is InChI=1S/C14H26N2O/c1-5-7-16(8-6-2)11-14-9-13(10-15-4)12(3)17-14/h9,15H,5-8,10-11H2,1-4H3. The summed E-state index contributed by atoms with van der Waals surface area (Å²) >= 11 is 0. The minimum Gasteiger partial charge on any atom is -0.465 e. The lowest BCUT2D eigenvalue weighted by atomic mass is 10.2. The molecule has 0 aromatic carbocycles. The summed E-state index contributed by atoms with van der Waals surface area (Å²) in [6.07, 6.45) is 2.39. The van der Waals surface area contributed by atoms with Gasteiger partial charge in [-0.1, -0.05) is 13.8 Å². The summed E-state index contributed by atoms with van der Waals surface area (Å²) in [6, 6.07) is 2.18. The largest absolute Gasteiger partial charge is 0.465 e. The summed E-state index contributed by atoms with van der Waals surface area (Å²) in [6.45, 7) is 10.6. The third-order valence-corrected chi connectivity index (χ3v) is 2.90. The molecule has 0 aliphatic carbocycles. The second kappa shape index (κ2) is 7.51. The molecule has 1 N–H and O–H groups in total. The van der Waals surface area contributed by atoms with Crippen LogP contribution in [0.1, 0.15) is 43.8 Å². The molecular weight excluding hydrogens is 212 g/mol. The van der Waals surface area contributed by atoms with E-state index >= 15 is 0 Å². The maximum absolute atomic E-state index is 5.81. The third kappa shape index (κ3) is 4.52. The predicted octanol–water partition coefficient (Wildman–Crippen LogP) is 2.93. The molecule has 0 radical (unpaired) electrons. The molecule has 3 nitrogen and oxygen atoms in total. The summed E-state index contributed by atoms with van der Waals surface area (Å²) in [7, 11) is 1.96. The summed E-state index contributed by atoms with van der Waals surface area (Å²) < 4.78 is 5.81. The van der Waals surface area contributed by atoms with Gasteiger partial charge < -0.3 is 9.73 Å². The highest BCUT2D eigenvalue weighted by Crippen LogP contribution is 2.16. The lowest BCUT2D eigenvalue weighted by molar-refractivity contribution is 0.243. The first-order valence-corrected chi connectivity index (χ1v) is 6.66. The summed E-state index contributed by atoms with van der Waals surface area (Å²) in [4.78, 5) is 2.46. The molecule has 0 aliphatic heterocycles. The summed E-state index contributed by atoms with van der Waals surface area (Å²) in [5.41, 5.74) is 1.27. The van der Waals surface area contributed by atoms with E-state index in [1.807, 2.05) is 14.0 Å². The van der Waals surface area contributed by atoms with Gasteiger partial charge in [0.2, 0.25) is 0 Å². The minimum absolute atomic E-state index is 0.886. The number of hydrogen-bond acceptors (Lipinski definition) is 3. The Morgan fingerprint density at radius 3 is 2.41 bits per heavy atom. The molecular formula is C14H26N2O. The first-order valence-electron chi connectivity index (χ1n) is 6.66. The van der Waals surface area contributed by atoms with Gasteiger partial charge in [-0.2, -0.15) is 0 Å². The quantitative estimate of drug-likeness (QED) is 0.755. The van der Waals surface area contributed by atoms with Crippen molar-refractivity contribution in [2.24, 2.45) is 0 Å². The lowest BCUT2D eigenvalue weighted by Gasteiger charge is -2.19. The van der Waals surface area contributed by atoms with E-state index in [2.05, 4.69) is 30.1 Å². The molecule has 0 spiro atoms. The highest BCUT2D eigenvalue weighted by Gasteiger charge is 2.10. The van der Waals surface area contributed by atoms with Crippen LogP contribution in [0.2, 0.25) is 0 Å². The lowest BCUT2D eigenvalue weighted by Crippen LogP contribution is -2.24. The first kappa shape index (κ1) is 14.3. The van der Waals surface area contributed by atoms with Crippen molar-refractivity contribution in [1.29, 1.82) is 0 Å². The summed E-state index contributed by atoms with van der Waals surface area (Å²) in [5, 5.41) is 3.17. The Hall–Kier alpha value is -0.800. The molecule has 0 fully saturated rings. The Balaban J connectivity index is 2.61. The molecule has 1 aromatic rings. The van der Waals surface area contributed by atoms with E-state index in [0.29, 0.717) is 0 Å². The van der Waals surface area contributed by atoms with Crippen LogP contribution in [0.3, 0.4) is 0 Å². The highest BCUT2D eigenvalue weighted by molar-refractivity contribution is 5.20. The van der Waals surface area contributed by atoms with Crippen LogP contribution < -0.4 is 5.32 Å². The van der Waals surface area contributed by atoms with Gasteiger partial charge in [0, 0.05) is 12.1 Å². The second-order valence-electron chi connectivity index (χ2n) is 4.60. The maximum Gasteiger partial charge on any atom is 0.118 e. The van der Waals surface area contributed by atoms with Crippen molar-refractivity contribution < 1.29 is 4.42 Å². The SMILES string of the molecule is CCCN(CCC)Cc1cc(CNC)c(C)o1. The summed E-state index contributed by atoms with van der Waals surface area (Å²) in [5.74, 6) is 2.14. The zero-order valence-corrected chi connectivity index (χ0v) is 11.7. The average molecular weight is 238 g/mol. The average Bonchev–Trinajstić information content (AvgIpc) is 2.61. The molecule has 17 heavy (non-hydrogen) atoms. The van der Waals surface area contributed by atoms with Crippen LogP contribution in [-0.2, 0) is 13.1 Å². The van der Waals surface area contributed by atoms with Gasteiger partial charge in [0.05, 0.1) is 6.54 Å². The van der Waals surface area contributed by atoms with E-state index < -0.39 is 0 Å². The van der Waals surface area contributed by atoms with E-state index in [9.17, 15) is 0 Å². The second-order valence-corrected chi connectivity index (χ2v) is 4.60. The Morgan fingerprint density at radius 2 is 1.88 bits per heavy atom. The number of rotatable bonds is 8. The molecule has 0 unspecified atom stereocenters. The monoisotopic (exact) mass is 238 g/mol. The van der Waals surface area contributed by atoms with Gasteiger partial charge in [0.1, 0.15) is 11.5 Å². The smallest absolute Gasteiger partial charge is 0.118 e. The van der Waals surface area contributed by atoms with Gasteiger partial charge in [-0.05, 0) is 46.0 Å². The topological polar surface area (TPSA) is 28.4 Å². The van der Waals surface area contributed by atoms with E-state index in [4.69, 9.17) is 4.42 Å². The van der Waals surface area contributed by atoms with Crippen molar-refractivity contribution >= 4 is 0 Å². The van der Waals surface area contributed by atoms with E-state index in [1.54, 1.807) is 0 Å². The van der Waals surface area contributed by atoms with Gasteiger partial charge in [-0.25, -0.2) is 0 Å². The van der Waals surface area contributed by atoms with E-state index in [1.165, 1.54) is 18.4 Å². The van der Waals surface area contributed by atoms with Gasteiger partial charge in [0.25, 0.3) is 0 Å². The molecule has 98 valence electrons. The van der Waals surface area contributed by atoms with Crippen LogP contribution in [0.15, 0.2) is 10.5 Å². The van der Waals surface area contributed by atoms with Crippen LogP contribution in [-0.4, -0.2) is 25.0 Å². The molecule has 0 atom stereocenters. The Morgan fingerprint density at radius 1 is 1.24 bits per heavy atom. The van der Waals surface area contributed by atoms with Crippen LogP contribution in [0, 0.1) is 6.92 Å². The molecule has 0 aliphatic rings. The highest BCUT2D eigenvalue weighted by atomic mass is 16.3. The van der Waals surface area contributed by atoms with Gasteiger partial charge in [-0.3, -0.25) is 4.90 Å². The Bertz CT molecular complexity index is 314. The van der Waals surface area contributed by atoms with Crippen LogP contribution in [0.5, 0.6) is 0 Å². The Kier molecular flexibility index (Phi) is 6.30. The first-order chi connectivity index (χ1) is 8.21. The van der Waals surface area contributed by atoms with Gasteiger partial charge >= 0.3 is 0 Å². The molecule has 3 heteroatoms. The van der Waals surface area contributed by atoms with Gasteiger partial charge in [0.15, 0.2) is 0 Å². The predicted molar refractivity (Wildman–Crippen MR) is 72.1 cm³/mol. The number of nitrogens with one attached hydrogen (secondary N) is 1. The van der Waals surface area contributed by atoms with Crippen molar-refractivity contribution in [1.82, 2.24) is 10.2 Å². The van der Waals surface area contributed by atoms with E-state index in [-0.39, 0.29) is 0 Å².